The molecule has 1 aromatic heterocycles. The molecule has 1 heterocycles. The van der Waals surface area contributed by atoms with Crippen LogP contribution < -0.4 is 9.64 Å². The fourth-order valence-corrected chi connectivity index (χ4v) is 3.60. The van der Waals surface area contributed by atoms with Crippen LogP contribution in [0.1, 0.15) is 69.2 Å². The summed E-state index contributed by atoms with van der Waals surface area (Å²) in [7, 11) is 0. The number of amides is 1. The summed E-state index contributed by atoms with van der Waals surface area (Å²) in [6.45, 7) is 9.53. The monoisotopic (exact) mass is 398 g/mol. The van der Waals surface area contributed by atoms with Gasteiger partial charge in [-0.1, -0.05) is 44.9 Å². The molecule has 0 saturated carbocycles. The molecule has 0 radical (unpaired) electrons. The third kappa shape index (κ3) is 6.48. The van der Waals surface area contributed by atoms with Gasteiger partial charge < -0.3 is 9.84 Å². The number of para-hydroxylation sites is 1. The molecule has 5 nitrogen and oxygen atoms in total. The van der Waals surface area contributed by atoms with Crippen LogP contribution in [0.3, 0.4) is 0 Å². The number of aromatic nitrogens is 1. The Labute approximate surface area is 174 Å². The smallest absolute Gasteiger partial charge is 0.411 e. The van der Waals surface area contributed by atoms with Crippen molar-refractivity contribution in [2.45, 2.75) is 65.7 Å². The zero-order valence-corrected chi connectivity index (χ0v) is 18.1. The van der Waals surface area contributed by atoms with Gasteiger partial charge in [-0.3, -0.25) is 4.90 Å². The molecule has 0 bridgehead atoms. The molecule has 158 valence electrons. The van der Waals surface area contributed by atoms with E-state index >= 15 is 0 Å². The first-order valence-corrected chi connectivity index (χ1v) is 10.7. The Balaban J connectivity index is 1.89. The van der Waals surface area contributed by atoms with Gasteiger partial charge in [-0.15, -0.1) is 0 Å². The average Bonchev–Trinajstić information content (AvgIpc) is 2.71. The topological polar surface area (TPSA) is 62.7 Å². The molecule has 5 heteroatoms. The highest BCUT2D eigenvalue weighted by atomic mass is 16.5. The maximum absolute atomic E-state index is 11.5. The quantitative estimate of drug-likeness (QED) is 0.458. The number of hydrogen-bond acceptors (Lipinski definition) is 3. The van der Waals surface area contributed by atoms with Gasteiger partial charge in [-0.2, -0.15) is 0 Å². The van der Waals surface area contributed by atoms with Gasteiger partial charge in [-0.05, 0) is 62.8 Å². The summed E-state index contributed by atoms with van der Waals surface area (Å²) in [6, 6.07) is 11.5. The van der Waals surface area contributed by atoms with E-state index in [0.717, 1.165) is 49.4 Å². The molecule has 1 atom stereocenters. The largest absolute Gasteiger partial charge is 0.478 e. The summed E-state index contributed by atoms with van der Waals surface area (Å²) in [4.78, 5) is 17.7. The van der Waals surface area contributed by atoms with Crippen molar-refractivity contribution in [1.82, 2.24) is 4.98 Å². The minimum atomic E-state index is -0.899. The molecule has 0 spiro atoms. The summed E-state index contributed by atoms with van der Waals surface area (Å²) in [5, 5.41) is 9.48. The lowest BCUT2D eigenvalue weighted by molar-refractivity contribution is 0.201. The minimum absolute atomic E-state index is 0.361. The lowest BCUT2D eigenvalue weighted by atomic mass is 9.93. The number of rotatable bonds is 11. The summed E-state index contributed by atoms with van der Waals surface area (Å²) < 4.78 is 5.79. The van der Waals surface area contributed by atoms with Crippen molar-refractivity contribution < 1.29 is 14.6 Å². The molecule has 0 fully saturated rings. The van der Waals surface area contributed by atoms with E-state index in [9.17, 15) is 9.90 Å². The van der Waals surface area contributed by atoms with Crippen LogP contribution in [0.2, 0.25) is 0 Å². The van der Waals surface area contributed by atoms with Crippen LogP contribution in [-0.4, -0.2) is 29.3 Å². The van der Waals surface area contributed by atoms with Gasteiger partial charge in [0, 0.05) is 23.5 Å². The molecular weight excluding hydrogens is 364 g/mol. The van der Waals surface area contributed by atoms with E-state index in [1.165, 1.54) is 16.0 Å². The Morgan fingerprint density at radius 2 is 1.90 bits per heavy atom. The molecule has 2 aromatic rings. The number of ether oxygens (including phenoxy) is 1. The molecule has 1 amide bonds. The first-order chi connectivity index (χ1) is 14.0. The van der Waals surface area contributed by atoms with Crippen LogP contribution in [0.15, 0.2) is 36.4 Å². The second-order valence-corrected chi connectivity index (χ2v) is 7.43. The molecule has 1 aromatic carbocycles. The summed E-state index contributed by atoms with van der Waals surface area (Å²) >= 11 is 0. The fraction of sp³-hybridized carbons (Fsp3) is 0.500. The van der Waals surface area contributed by atoms with E-state index in [4.69, 9.17) is 4.74 Å². The van der Waals surface area contributed by atoms with Crippen LogP contribution >= 0.6 is 0 Å². The lowest BCUT2D eigenvalue weighted by Gasteiger charge is -2.20. The number of nitrogens with zero attached hydrogens (tertiary/aromatic N) is 2. The summed E-state index contributed by atoms with van der Waals surface area (Å²) in [5.41, 5.74) is 4.23. The minimum Gasteiger partial charge on any atom is -0.478 e. The van der Waals surface area contributed by atoms with Crippen LogP contribution in [0.5, 0.6) is 5.88 Å². The Morgan fingerprint density at radius 1 is 1.17 bits per heavy atom. The van der Waals surface area contributed by atoms with Gasteiger partial charge >= 0.3 is 6.09 Å². The molecule has 0 aliphatic heterocycles. The van der Waals surface area contributed by atoms with E-state index in [0.29, 0.717) is 19.1 Å². The zero-order chi connectivity index (χ0) is 21.2. The molecule has 0 aliphatic carbocycles. The third-order valence-corrected chi connectivity index (χ3v) is 5.32. The van der Waals surface area contributed by atoms with Crippen molar-refractivity contribution in [1.29, 1.82) is 0 Å². The SMILES string of the molecule is CCOc1nc(C)c(CC)cc1C(C)CCCCCN(C(=O)O)c1ccccc1. The highest BCUT2D eigenvalue weighted by Gasteiger charge is 2.16. The first kappa shape index (κ1) is 22.7. The Hall–Kier alpha value is -2.56. The van der Waals surface area contributed by atoms with E-state index in [2.05, 4.69) is 24.9 Å². The fourth-order valence-electron chi connectivity index (χ4n) is 3.60. The predicted octanol–water partition coefficient (Wildman–Crippen LogP) is 6.20. The normalized spacial score (nSPS) is 11.9. The maximum Gasteiger partial charge on any atom is 0.411 e. The van der Waals surface area contributed by atoms with E-state index in [1.807, 2.05) is 44.2 Å². The molecule has 1 unspecified atom stereocenters. The van der Waals surface area contributed by atoms with Crippen LogP contribution in [0.4, 0.5) is 10.5 Å². The average molecular weight is 399 g/mol. The molecule has 1 N–H and O–H groups in total. The standard InChI is InChI=1S/C24H34N2O3/c1-5-20-17-22(23(29-6-2)25-19(20)4)18(3)13-9-8-12-16-26(24(27)28)21-14-10-7-11-15-21/h7,10-11,14-15,17-18H,5-6,8-9,12-13,16H2,1-4H3,(H,27,28). The Bertz CT molecular complexity index is 777. The van der Waals surface area contributed by atoms with Crippen molar-refractivity contribution in [3.63, 3.8) is 0 Å². The van der Waals surface area contributed by atoms with Crippen molar-refractivity contribution >= 4 is 11.8 Å². The van der Waals surface area contributed by atoms with Crippen molar-refractivity contribution in [3.8, 4) is 5.88 Å². The number of aryl methyl sites for hydroxylation is 2. The highest BCUT2D eigenvalue weighted by Crippen LogP contribution is 2.31. The van der Waals surface area contributed by atoms with Crippen molar-refractivity contribution in [3.05, 3.63) is 53.2 Å². The number of pyridine rings is 1. The number of anilines is 1. The molecule has 0 aliphatic rings. The van der Waals surface area contributed by atoms with Gasteiger partial charge in [0.15, 0.2) is 0 Å². The van der Waals surface area contributed by atoms with Crippen molar-refractivity contribution in [2.24, 2.45) is 0 Å². The summed E-state index contributed by atoms with van der Waals surface area (Å²) in [6.07, 6.45) is 3.99. The van der Waals surface area contributed by atoms with Crippen LogP contribution in [0.25, 0.3) is 0 Å². The van der Waals surface area contributed by atoms with Gasteiger partial charge in [0.1, 0.15) is 0 Å². The second-order valence-electron chi connectivity index (χ2n) is 7.43. The molecule has 0 saturated heterocycles. The second kappa shape index (κ2) is 11.4. The first-order valence-electron chi connectivity index (χ1n) is 10.7. The number of benzene rings is 1. The number of carbonyl (C=O) groups is 1. The predicted molar refractivity (Wildman–Crippen MR) is 118 cm³/mol. The molecular formula is C24H34N2O3. The maximum atomic E-state index is 11.5. The van der Waals surface area contributed by atoms with E-state index in [1.54, 1.807) is 0 Å². The lowest BCUT2D eigenvalue weighted by Crippen LogP contribution is -2.30. The van der Waals surface area contributed by atoms with Gasteiger partial charge in [-0.25, -0.2) is 9.78 Å². The van der Waals surface area contributed by atoms with Gasteiger partial charge in [0.25, 0.3) is 0 Å². The highest BCUT2D eigenvalue weighted by molar-refractivity contribution is 5.85. The zero-order valence-electron chi connectivity index (χ0n) is 18.1. The van der Waals surface area contributed by atoms with Crippen molar-refractivity contribution in [2.75, 3.05) is 18.1 Å². The van der Waals surface area contributed by atoms with Crippen LogP contribution in [0, 0.1) is 6.92 Å². The van der Waals surface area contributed by atoms with Gasteiger partial charge in [0.05, 0.1) is 6.61 Å². The Kier molecular flexibility index (Phi) is 8.97. The number of carboxylic acid groups (broad SMARTS) is 1. The molecule has 2 rings (SSSR count). The van der Waals surface area contributed by atoms with Gasteiger partial charge in [0.2, 0.25) is 5.88 Å². The van der Waals surface area contributed by atoms with Crippen LogP contribution in [-0.2, 0) is 6.42 Å². The summed E-state index contributed by atoms with van der Waals surface area (Å²) in [5.74, 6) is 1.12. The molecule has 29 heavy (non-hydrogen) atoms. The number of unbranched alkanes of at least 4 members (excludes halogenated alkanes) is 2. The third-order valence-electron chi connectivity index (χ3n) is 5.32. The van der Waals surface area contributed by atoms with E-state index < -0.39 is 6.09 Å². The van der Waals surface area contributed by atoms with E-state index in [-0.39, 0.29) is 0 Å². The number of hydrogen-bond donors (Lipinski definition) is 1. The Morgan fingerprint density at radius 3 is 2.52 bits per heavy atom.